The van der Waals surface area contributed by atoms with Crippen molar-refractivity contribution >= 4 is 0 Å². The van der Waals surface area contributed by atoms with E-state index >= 15 is 0 Å². The van der Waals surface area contributed by atoms with Crippen LogP contribution in [0.2, 0.25) is 0 Å². The lowest BCUT2D eigenvalue weighted by Gasteiger charge is -2.22. The van der Waals surface area contributed by atoms with Crippen LogP contribution in [0.25, 0.3) is 0 Å². The fourth-order valence-corrected chi connectivity index (χ4v) is 3.47. The molecule has 0 aromatic heterocycles. The van der Waals surface area contributed by atoms with E-state index in [2.05, 4.69) is 26.0 Å². The van der Waals surface area contributed by atoms with Crippen molar-refractivity contribution in [1.29, 1.82) is 0 Å². The smallest absolute Gasteiger partial charge is 0.0306 e. The summed E-state index contributed by atoms with van der Waals surface area (Å²) in [4.78, 5) is 0. The SMILES string of the molecule is CC1(C)C[C@H](N)c2cc3c(cc21)CCCC3. The van der Waals surface area contributed by atoms with E-state index in [0.717, 1.165) is 6.42 Å². The third-order valence-corrected chi connectivity index (χ3v) is 4.37. The van der Waals surface area contributed by atoms with E-state index in [9.17, 15) is 0 Å². The van der Waals surface area contributed by atoms with Gasteiger partial charge in [-0.1, -0.05) is 26.0 Å². The number of nitrogens with two attached hydrogens (primary N) is 1. The van der Waals surface area contributed by atoms with Crippen LogP contribution in [0, 0.1) is 0 Å². The Morgan fingerprint density at radius 3 is 2.44 bits per heavy atom. The molecule has 0 saturated heterocycles. The number of aryl methyl sites for hydroxylation is 2. The molecule has 3 rings (SSSR count). The first-order valence-electron chi connectivity index (χ1n) is 6.50. The van der Waals surface area contributed by atoms with Crippen molar-refractivity contribution < 1.29 is 0 Å². The lowest BCUT2D eigenvalue weighted by Crippen LogP contribution is -2.14. The minimum Gasteiger partial charge on any atom is -0.324 e. The summed E-state index contributed by atoms with van der Waals surface area (Å²) in [5.41, 5.74) is 12.6. The second-order valence-electron chi connectivity index (χ2n) is 6.11. The quantitative estimate of drug-likeness (QED) is 0.706. The molecule has 2 N–H and O–H groups in total. The molecule has 0 spiro atoms. The Morgan fingerprint density at radius 2 is 1.75 bits per heavy atom. The maximum Gasteiger partial charge on any atom is 0.0306 e. The highest BCUT2D eigenvalue weighted by molar-refractivity contribution is 5.47. The highest BCUT2D eigenvalue weighted by Crippen LogP contribution is 2.45. The summed E-state index contributed by atoms with van der Waals surface area (Å²) in [5, 5.41) is 0. The summed E-state index contributed by atoms with van der Waals surface area (Å²) < 4.78 is 0. The molecule has 0 amide bonds. The van der Waals surface area contributed by atoms with Gasteiger partial charge in [0, 0.05) is 6.04 Å². The topological polar surface area (TPSA) is 26.0 Å². The number of benzene rings is 1. The van der Waals surface area contributed by atoms with Crippen LogP contribution >= 0.6 is 0 Å². The summed E-state index contributed by atoms with van der Waals surface area (Å²) in [6, 6.07) is 5.12. The van der Waals surface area contributed by atoms with Gasteiger partial charge in [0.25, 0.3) is 0 Å². The molecule has 1 aromatic rings. The summed E-state index contributed by atoms with van der Waals surface area (Å²) in [6.45, 7) is 4.65. The van der Waals surface area contributed by atoms with E-state index < -0.39 is 0 Å². The van der Waals surface area contributed by atoms with E-state index in [0.29, 0.717) is 0 Å². The average Bonchev–Trinajstić information content (AvgIpc) is 2.47. The van der Waals surface area contributed by atoms with Crippen LogP contribution < -0.4 is 5.73 Å². The third kappa shape index (κ3) is 1.41. The molecule has 0 saturated carbocycles. The van der Waals surface area contributed by atoms with Gasteiger partial charge in [0.15, 0.2) is 0 Å². The number of hydrogen-bond donors (Lipinski definition) is 1. The Balaban J connectivity index is 2.16. The second-order valence-corrected chi connectivity index (χ2v) is 6.11. The van der Waals surface area contributed by atoms with Crippen molar-refractivity contribution in [2.75, 3.05) is 0 Å². The van der Waals surface area contributed by atoms with Gasteiger partial charge in [0.1, 0.15) is 0 Å². The Kier molecular flexibility index (Phi) is 2.16. The predicted molar refractivity (Wildman–Crippen MR) is 67.7 cm³/mol. The standard InChI is InChI=1S/C15H21N/c1-15(2)9-14(16)12-7-10-5-3-4-6-11(10)8-13(12)15/h7-8,14H,3-6,9,16H2,1-2H3/t14-/m0/s1. The van der Waals surface area contributed by atoms with Crippen LogP contribution in [0.4, 0.5) is 0 Å². The summed E-state index contributed by atoms with van der Waals surface area (Å²) in [6.07, 6.45) is 6.34. The molecular formula is C15H21N. The monoisotopic (exact) mass is 215 g/mol. The maximum absolute atomic E-state index is 6.26. The van der Waals surface area contributed by atoms with Crippen molar-refractivity contribution in [1.82, 2.24) is 0 Å². The number of rotatable bonds is 0. The molecule has 0 unspecified atom stereocenters. The second kappa shape index (κ2) is 3.33. The zero-order valence-electron chi connectivity index (χ0n) is 10.3. The summed E-state index contributed by atoms with van der Waals surface area (Å²) in [5.74, 6) is 0. The normalized spacial score (nSPS) is 26.3. The predicted octanol–water partition coefficient (Wildman–Crippen LogP) is 3.25. The molecule has 1 heteroatoms. The van der Waals surface area contributed by atoms with Gasteiger partial charge in [-0.05, 0) is 59.8 Å². The van der Waals surface area contributed by atoms with Crippen molar-refractivity contribution in [2.24, 2.45) is 5.73 Å². The van der Waals surface area contributed by atoms with Crippen molar-refractivity contribution in [3.8, 4) is 0 Å². The molecule has 86 valence electrons. The van der Waals surface area contributed by atoms with E-state index in [1.54, 1.807) is 11.1 Å². The van der Waals surface area contributed by atoms with Crippen molar-refractivity contribution in [3.05, 3.63) is 34.4 Å². The van der Waals surface area contributed by atoms with Crippen LogP contribution in [0.15, 0.2) is 12.1 Å². The van der Waals surface area contributed by atoms with Gasteiger partial charge in [-0.3, -0.25) is 0 Å². The van der Waals surface area contributed by atoms with Crippen LogP contribution in [-0.2, 0) is 18.3 Å². The Labute approximate surface area is 98.0 Å². The summed E-state index contributed by atoms with van der Waals surface area (Å²) >= 11 is 0. The molecule has 0 fully saturated rings. The zero-order valence-corrected chi connectivity index (χ0v) is 10.3. The molecule has 2 aliphatic carbocycles. The molecule has 0 aliphatic heterocycles. The minimum atomic E-state index is 0.261. The van der Waals surface area contributed by atoms with Crippen LogP contribution in [0.5, 0.6) is 0 Å². The molecule has 16 heavy (non-hydrogen) atoms. The van der Waals surface area contributed by atoms with E-state index in [4.69, 9.17) is 5.73 Å². The molecular weight excluding hydrogens is 194 g/mol. The van der Waals surface area contributed by atoms with Crippen molar-refractivity contribution in [3.63, 3.8) is 0 Å². The Hall–Kier alpha value is -0.820. The lowest BCUT2D eigenvalue weighted by atomic mass is 9.82. The van der Waals surface area contributed by atoms with Crippen LogP contribution in [-0.4, -0.2) is 0 Å². The van der Waals surface area contributed by atoms with Crippen molar-refractivity contribution in [2.45, 2.75) is 57.4 Å². The van der Waals surface area contributed by atoms with E-state index in [-0.39, 0.29) is 11.5 Å². The summed E-state index contributed by atoms with van der Waals surface area (Å²) in [7, 11) is 0. The van der Waals surface area contributed by atoms with Gasteiger partial charge >= 0.3 is 0 Å². The highest BCUT2D eigenvalue weighted by Gasteiger charge is 2.35. The van der Waals surface area contributed by atoms with Crippen LogP contribution in [0.3, 0.4) is 0 Å². The zero-order chi connectivity index (χ0) is 11.3. The lowest BCUT2D eigenvalue weighted by molar-refractivity contribution is 0.481. The molecule has 0 heterocycles. The molecule has 1 aromatic carbocycles. The van der Waals surface area contributed by atoms with Crippen LogP contribution in [0.1, 0.15) is 61.4 Å². The van der Waals surface area contributed by atoms with Gasteiger partial charge in [-0.2, -0.15) is 0 Å². The average molecular weight is 215 g/mol. The van der Waals surface area contributed by atoms with Gasteiger partial charge in [0.2, 0.25) is 0 Å². The molecule has 2 aliphatic rings. The largest absolute Gasteiger partial charge is 0.324 e. The number of fused-ring (bicyclic) bond motifs is 2. The fourth-order valence-electron chi connectivity index (χ4n) is 3.47. The van der Waals surface area contributed by atoms with E-state index in [1.165, 1.54) is 36.8 Å². The van der Waals surface area contributed by atoms with Gasteiger partial charge in [-0.15, -0.1) is 0 Å². The highest BCUT2D eigenvalue weighted by atomic mass is 14.7. The fraction of sp³-hybridized carbons (Fsp3) is 0.600. The third-order valence-electron chi connectivity index (χ3n) is 4.37. The van der Waals surface area contributed by atoms with Gasteiger partial charge in [-0.25, -0.2) is 0 Å². The molecule has 0 radical (unpaired) electrons. The molecule has 0 bridgehead atoms. The van der Waals surface area contributed by atoms with E-state index in [1.807, 2.05) is 0 Å². The number of hydrogen-bond acceptors (Lipinski definition) is 1. The Morgan fingerprint density at radius 1 is 1.12 bits per heavy atom. The molecule has 1 atom stereocenters. The first-order valence-corrected chi connectivity index (χ1v) is 6.50. The van der Waals surface area contributed by atoms with Gasteiger partial charge < -0.3 is 5.73 Å². The van der Waals surface area contributed by atoms with Gasteiger partial charge in [0.05, 0.1) is 0 Å². The molecule has 1 nitrogen and oxygen atoms in total. The minimum absolute atomic E-state index is 0.261. The maximum atomic E-state index is 6.26. The Bertz CT molecular complexity index is 431. The first kappa shape index (κ1) is 10.3. The first-order chi connectivity index (χ1) is 7.58.